The van der Waals surface area contributed by atoms with Gasteiger partial charge in [0.2, 0.25) is 0 Å². The Balaban J connectivity index is 1.57. The van der Waals surface area contributed by atoms with E-state index in [9.17, 15) is 0 Å². The normalized spacial score (nSPS) is 10.4. The zero-order valence-corrected chi connectivity index (χ0v) is 16.5. The van der Waals surface area contributed by atoms with Gasteiger partial charge in [-0.2, -0.15) is 0 Å². The number of benzene rings is 3. The van der Waals surface area contributed by atoms with Gasteiger partial charge in [-0.15, -0.1) is 0 Å². The van der Waals surface area contributed by atoms with Crippen LogP contribution in [0.3, 0.4) is 0 Å². The highest BCUT2D eigenvalue weighted by molar-refractivity contribution is 9.10. The summed E-state index contributed by atoms with van der Waals surface area (Å²) in [6.07, 6.45) is 0. The van der Waals surface area contributed by atoms with Crippen molar-refractivity contribution in [1.29, 1.82) is 0 Å². The van der Waals surface area contributed by atoms with Crippen molar-refractivity contribution in [2.45, 2.75) is 20.1 Å². The van der Waals surface area contributed by atoms with Gasteiger partial charge < -0.3 is 14.8 Å². The number of hydrogen-bond acceptors (Lipinski definition) is 3. The van der Waals surface area contributed by atoms with E-state index in [1.807, 2.05) is 30.3 Å². The average Bonchev–Trinajstić information content (AvgIpc) is 2.67. The lowest BCUT2D eigenvalue weighted by atomic mass is 10.2. The van der Waals surface area contributed by atoms with Gasteiger partial charge in [0.1, 0.15) is 18.1 Å². The lowest BCUT2D eigenvalue weighted by Crippen LogP contribution is -2.00. The van der Waals surface area contributed by atoms with Crippen LogP contribution in [-0.2, 0) is 13.2 Å². The van der Waals surface area contributed by atoms with E-state index in [1.54, 1.807) is 7.11 Å². The Bertz CT molecular complexity index is 845. The molecule has 26 heavy (non-hydrogen) atoms. The largest absolute Gasteiger partial charge is 0.497 e. The molecule has 0 aliphatic carbocycles. The average molecular weight is 412 g/mol. The van der Waals surface area contributed by atoms with Crippen molar-refractivity contribution >= 4 is 21.6 Å². The molecule has 0 saturated carbocycles. The third-order valence-corrected chi connectivity index (χ3v) is 4.72. The van der Waals surface area contributed by atoms with E-state index in [0.717, 1.165) is 33.8 Å². The molecule has 0 radical (unpaired) electrons. The molecule has 0 amide bonds. The first kappa shape index (κ1) is 18.3. The van der Waals surface area contributed by atoms with E-state index in [1.165, 1.54) is 11.1 Å². The molecular weight excluding hydrogens is 390 g/mol. The minimum Gasteiger partial charge on any atom is -0.497 e. The zero-order chi connectivity index (χ0) is 18.4. The van der Waals surface area contributed by atoms with Crippen molar-refractivity contribution in [3.05, 3.63) is 87.9 Å². The molecule has 0 fully saturated rings. The number of methoxy groups -OCH3 is 1. The highest BCUT2D eigenvalue weighted by Gasteiger charge is 2.04. The van der Waals surface area contributed by atoms with Crippen LogP contribution >= 0.6 is 15.9 Å². The molecule has 0 unspecified atom stereocenters. The molecule has 0 aliphatic heterocycles. The first-order chi connectivity index (χ1) is 12.6. The summed E-state index contributed by atoms with van der Waals surface area (Å²) >= 11 is 3.61. The molecule has 3 aromatic rings. The second-order valence-electron chi connectivity index (χ2n) is 6.12. The first-order valence-electron chi connectivity index (χ1n) is 8.49. The van der Waals surface area contributed by atoms with Crippen LogP contribution in [0.5, 0.6) is 11.5 Å². The monoisotopic (exact) mass is 411 g/mol. The number of anilines is 1. The molecule has 134 valence electrons. The Labute approximate surface area is 163 Å². The van der Waals surface area contributed by atoms with Crippen LogP contribution in [0.2, 0.25) is 0 Å². The maximum Gasteiger partial charge on any atom is 0.134 e. The topological polar surface area (TPSA) is 30.5 Å². The predicted molar refractivity (Wildman–Crippen MR) is 110 cm³/mol. The Morgan fingerprint density at radius 3 is 2.23 bits per heavy atom. The minimum atomic E-state index is 0.558. The van der Waals surface area contributed by atoms with Crippen LogP contribution in [0, 0.1) is 6.92 Å². The van der Waals surface area contributed by atoms with Gasteiger partial charge in [-0.1, -0.05) is 35.9 Å². The van der Waals surface area contributed by atoms with Crippen LogP contribution in [-0.4, -0.2) is 7.11 Å². The van der Waals surface area contributed by atoms with Crippen LogP contribution in [0.1, 0.15) is 16.7 Å². The Kier molecular flexibility index (Phi) is 6.18. The quantitative estimate of drug-likeness (QED) is 0.520. The van der Waals surface area contributed by atoms with Gasteiger partial charge in [0, 0.05) is 12.2 Å². The van der Waals surface area contributed by atoms with Crippen LogP contribution in [0.4, 0.5) is 5.69 Å². The molecule has 1 N–H and O–H groups in total. The van der Waals surface area contributed by atoms with Crippen molar-refractivity contribution in [3.8, 4) is 11.5 Å². The molecular formula is C22H22BrNO2. The predicted octanol–water partition coefficient (Wildman–Crippen LogP) is 5.96. The lowest BCUT2D eigenvalue weighted by molar-refractivity contribution is 0.304. The lowest BCUT2D eigenvalue weighted by Gasteiger charge is -2.11. The highest BCUT2D eigenvalue weighted by atomic mass is 79.9. The number of halogens is 1. The Morgan fingerprint density at radius 2 is 1.58 bits per heavy atom. The summed E-state index contributed by atoms with van der Waals surface area (Å²) < 4.78 is 12.1. The molecule has 0 aromatic heterocycles. The molecule has 0 spiro atoms. The number of nitrogens with one attached hydrogen (secondary N) is 1. The number of rotatable bonds is 7. The summed E-state index contributed by atoms with van der Waals surface area (Å²) in [5.41, 5.74) is 4.65. The highest BCUT2D eigenvalue weighted by Crippen LogP contribution is 2.27. The zero-order valence-electron chi connectivity index (χ0n) is 15.0. The van der Waals surface area contributed by atoms with Gasteiger partial charge in [0.05, 0.1) is 11.6 Å². The van der Waals surface area contributed by atoms with Gasteiger partial charge in [0.15, 0.2) is 0 Å². The fourth-order valence-corrected chi connectivity index (χ4v) is 3.07. The third-order valence-electron chi connectivity index (χ3n) is 4.10. The standard InChI is InChI=1S/C22H22BrNO2/c1-16-3-5-17(6-4-16)15-26-22-12-7-18(13-21(22)23)14-24-19-8-10-20(25-2)11-9-19/h3-13,24H,14-15H2,1-2H3. The maximum absolute atomic E-state index is 5.92. The van der Waals surface area contributed by atoms with Gasteiger partial charge >= 0.3 is 0 Å². The number of ether oxygens (including phenoxy) is 2. The van der Waals surface area contributed by atoms with Gasteiger partial charge in [-0.25, -0.2) is 0 Å². The molecule has 3 rings (SSSR count). The SMILES string of the molecule is COc1ccc(NCc2ccc(OCc3ccc(C)cc3)c(Br)c2)cc1. The maximum atomic E-state index is 5.92. The Hall–Kier alpha value is -2.46. The van der Waals surface area contributed by atoms with Crippen molar-refractivity contribution in [1.82, 2.24) is 0 Å². The fraction of sp³-hybridized carbons (Fsp3) is 0.182. The third kappa shape index (κ3) is 5.02. The van der Waals surface area contributed by atoms with Gasteiger partial charge in [-0.3, -0.25) is 0 Å². The van der Waals surface area contributed by atoms with Crippen LogP contribution in [0.25, 0.3) is 0 Å². The van der Waals surface area contributed by atoms with Crippen LogP contribution < -0.4 is 14.8 Å². The van der Waals surface area contributed by atoms with E-state index in [2.05, 4.69) is 64.6 Å². The van der Waals surface area contributed by atoms with Crippen molar-refractivity contribution in [3.63, 3.8) is 0 Å². The van der Waals surface area contributed by atoms with Crippen molar-refractivity contribution in [2.24, 2.45) is 0 Å². The van der Waals surface area contributed by atoms with Crippen molar-refractivity contribution in [2.75, 3.05) is 12.4 Å². The number of aryl methyl sites for hydroxylation is 1. The summed E-state index contributed by atoms with van der Waals surface area (Å²) in [4.78, 5) is 0. The molecule has 0 bridgehead atoms. The van der Waals surface area contributed by atoms with Crippen molar-refractivity contribution < 1.29 is 9.47 Å². The van der Waals surface area contributed by atoms with Gasteiger partial charge in [-0.05, 0) is 70.4 Å². The molecule has 3 nitrogen and oxygen atoms in total. The molecule has 0 saturated heterocycles. The molecule has 3 aromatic carbocycles. The second-order valence-corrected chi connectivity index (χ2v) is 6.98. The van der Waals surface area contributed by atoms with E-state index in [4.69, 9.17) is 9.47 Å². The molecule has 4 heteroatoms. The first-order valence-corrected chi connectivity index (χ1v) is 9.28. The van der Waals surface area contributed by atoms with E-state index >= 15 is 0 Å². The summed E-state index contributed by atoms with van der Waals surface area (Å²) in [7, 11) is 1.67. The molecule has 0 atom stereocenters. The fourth-order valence-electron chi connectivity index (χ4n) is 2.53. The molecule has 0 heterocycles. The van der Waals surface area contributed by atoms with E-state index in [0.29, 0.717) is 6.61 Å². The van der Waals surface area contributed by atoms with Gasteiger partial charge in [0.25, 0.3) is 0 Å². The second kappa shape index (κ2) is 8.77. The smallest absolute Gasteiger partial charge is 0.134 e. The summed E-state index contributed by atoms with van der Waals surface area (Å²) in [6.45, 7) is 3.38. The molecule has 0 aliphatic rings. The van der Waals surface area contributed by atoms with E-state index < -0.39 is 0 Å². The van der Waals surface area contributed by atoms with E-state index in [-0.39, 0.29) is 0 Å². The summed E-state index contributed by atoms with van der Waals surface area (Å²) in [5, 5.41) is 3.40. The minimum absolute atomic E-state index is 0.558. The Morgan fingerprint density at radius 1 is 0.885 bits per heavy atom. The van der Waals surface area contributed by atoms with Crippen LogP contribution in [0.15, 0.2) is 71.2 Å². The number of hydrogen-bond donors (Lipinski definition) is 1. The summed E-state index contributed by atoms with van der Waals surface area (Å²) in [6, 6.07) is 22.5. The summed E-state index contributed by atoms with van der Waals surface area (Å²) in [5.74, 6) is 1.70.